The van der Waals surface area contributed by atoms with Gasteiger partial charge in [-0.1, -0.05) is 0 Å². The second kappa shape index (κ2) is 7.02. The van der Waals surface area contributed by atoms with Gasteiger partial charge in [0.15, 0.2) is 0 Å². The number of likely N-dealkylation sites (N-methyl/N-ethyl adjacent to an activating group) is 2. The summed E-state index contributed by atoms with van der Waals surface area (Å²) in [6.07, 6.45) is 1.21. The van der Waals surface area contributed by atoms with Crippen LogP contribution in [0.2, 0.25) is 0 Å². The van der Waals surface area contributed by atoms with E-state index in [1.165, 1.54) is 6.42 Å². The maximum Gasteiger partial charge on any atom is 0.0328 e. The predicted molar refractivity (Wildman–Crippen MR) is 83.8 cm³/mol. The van der Waals surface area contributed by atoms with Gasteiger partial charge < -0.3 is 10.6 Å². The molecular formula is C15H34N4. The van der Waals surface area contributed by atoms with Crippen molar-refractivity contribution >= 4 is 0 Å². The number of nitrogens with one attached hydrogen (secondary N) is 2. The zero-order valence-electron chi connectivity index (χ0n) is 13.8. The fraction of sp³-hybridized carbons (Fsp3) is 1.00. The third kappa shape index (κ3) is 4.15. The Labute approximate surface area is 119 Å². The van der Waals surface area contributed by atoms with Crippen molar-refractivity contribution in [2.45, 2.75) is 45.2 Å². The normalized spacial score (nSPS) is 28.1. The minimum absolute atomic E-state index is 0.144. The second-order valence-corrected chi connectivity index (χ2v) is 6.81. The van der Waals surface area contributed by atoms with Crippen LogP contribution in [0.15, 0.2) is 0 Å². The van der Waals surface area contributed by atoms with Crippen LogP contribution in [0.25, 0.3) is 0 Å². The summed E-state index contributed by atoms with van der Waals surface area (Å²) in [5.41, 5.74) is 0.292. The molecule has 4 heteroatoms. The highest BCUT2D eigenvalue weighted by atomic mass is 15.3. The Bertz CT molecular complexity index is 237. The average Bonchev–Trinajstić information content (AvgIpc) is 2.35. The van der Waals surface area contributed by atoms with Crippen molar-refractivity contribution in [2.75, 3.05) is 53.4 Å². The second-order valence-electron chi connectivity index (χ2n) is 6.81. The summed E-state index contributed by atoms with van der Waals surface area (Å²) in [7, 11) is 4.50. The van der Waals surface area contributed by atoms with Crippen LogP contribution >= 0.6 is 0 Å². The third-order valence-electron chi connectivity index (χ3n) is 5.36. The van der Waals surface area contributed by atoms with Gasteiger partial charge in [0.1, 0.15) is 0 Å². The molecule has 0 aromatic rings. The van der Waals surface area contributed by atoms with Crippen molar-refractivity contribution in [3.8, 4) is 0 Å². The molecule has 0 atom stereocenters. The molecule has 0 radical (unpaired) electrons. The summed E-state index contributed by atoms with van der Waals surface area (Å²) in [4.78, 5) is 5.00. The van der Waals surface area contributed by atoms with Gasteiger partial charge in [-0.05, 0) is 61.3 Å². The van der Waals surface area contributed by atoms with Crippen LogP contribution in [-0.4, -0.2) is 74.2 Å². The predicted octanol–water partition coefficient (Wildman–Crippen LogP) is 0.990. The highest BCUT2D eigenvalue weighted by Crippen LogP contribution is 2.31. The maximum atomic E-state index is 3.51. The van der Waals surface area contributed by atoms with Gasteiger partial charge in [0, 0.05) is 37.3 Å². The first-order valence-electron chi connectivity index (χ1n) is 7.64. The summed E-state index contributed by atoms with van der Waals surface area (Å²) in [6, 6.07) is 0. The van der Waals surface area contributed by atoms with Crippen LogP contribution < -0.4 is 10.6 Å². The van der Waals surface area contributed by atoms with E-state index >= 15 is 0 Å². The Morgan fingerprint density at radius 2 is 1.16 bits per heavy atom. The molecule has 1 saturated heterocycles. The van der Waals surface area contributed by atoms with Gasteiger partial charge in [-0.15, -0.1) is 0 Å². The van der Waals surface area contributed by atoms with E-state index in [4.69, 9.17) is 0 Å². The monoisotopic (exact) mass is 270 g/mol. The van der Waals surface area contributed by atoms with Crippen LogP contribution in [0.5, 0.6) is 0 Å². The van der Waals surface area contributed by atoms with E-state index in [1.807, 2.05) is 0 Å². The Morgan fingerprint density at radius 1 is 0.684 bits per heavy atom. The zero-order valence-corrected chi connectivity index (χ0v) is 13.8. The summed E-state index contributed by atoms with van der Waals surface area (Å²) < 4.78 is 0. The van der Waals surface area contributed by atoms with Gasteiger partial charge in [0.2, 0.25) is 0 Å². The fourth-order valence-electron chi connectivity index (χ4n) is 2.61. The zero-order chi connectivity index (χ0) is 14.5. The molecule has 1 fully saturated rings. The molecule has 1 rings (SSSR count). The van der Waals surface area contributed by atoms with Gasteiger partial charge in [-0.2, -0.15) is 0 Å². The lowest BCUT2D eigenvalue weighted by Gasteiger charge is -2.52. The molecule has 2 N–H and O–H groups in total. The SMILES string of the molecule is CN1CCCNCCNCCN(C)C(C)(C)C1(C)C. The summed E-state index contributed by atoms with van der Waals surface area (Å²) in [5.74, 6) is 0. The van der Waals surface area contributed by atoms with Crippen LogP contribution in [-0.2, 0) is 0 Å². The van der Waals surface area contributed by atoms with Crippen molar-refractivity contribution in [2.24, 2.45) is 0 Å². The summed E-state index contributed by atoms with van der Waals surface area (Å²) in [6.45, 7) is 16.0. The van der Waals surface area contributed by atoms with Gasteiger partial charge in [0.05, 0.1) is 0 Å². The lowest BCUT2D eigenvalue weighted by Crippen LogP contribution is -2.64. The Balaban J connectivity index is 2.79. The highest BCUT2D eigenvalue weighted by Gasteiger charge is 2.42. The first-order chi connectivity index (χ1) is 8.80. The van der Waals surface area contributed by atoms with E-state index in [2.05, 4.69) is 62.2 Å². The summed E-state index contributed by atoms with van der Waals surface area (Å²) >= 11 is 0. The largest absolute Gasteiger partial charge is 0.315 e. The van der Waals surface area contributed by atoms with E-state index in [0.29, 0.717) is 0 Å². The standard InChI is InChI=1S/C15H34N4/c1-14(2)15(3,4)19(6)13-11-17-10-9-16-8-7-12-18(14)5/h16-17H,7-13H2,1-6H3. The van der Waals surface area contributed by atoms with Crippen LogP contribution in [0.4, 0.5) is 0 Å². The molecule has 114 valence electrons. The number of rotatable bonds is 0. The fourth-order valence-corrected chi connectivity index (χ4v) is 2.61. The molecule has 0 spiro atoms. The molecule has 0 amide bonds. The first kappa shape index (κ1) is 16.9. The molecule has 0 aliphatic carbocycles. The number of hydrogen-bond donors (Lipinski definition) is 2. The Kier molecular flexibility index (Phi) is 6.24. The van der Waals surface area contributed by atoms with E-state index in [0.717, 1.165) is 39.3 Å². The molecular weight excluding hydrogens is 236 g/mol. The van der Waals surface area contributed by atoms with E-state index < -0.39 is 0 Å². The smallest absolute Gasteiger partial charge is 0.0328 e. The Hall–Kier alpha value is -0.160. The molecule has 19 heavy (non-hydrogen) atoms. The van der Waals surface area contributed by atoms with Crippen LogP contribution in [0.3, 0.4) is 0 Å². The summed E-state index contributed by atoms with van der Waals surface area (Å²) in [5, 5.41) is 7.01. The average molecular weight is 270 g/mol. The van der Waals surface area contributed by atoms with Crippen LogP contribution in [0.1, 0.15) is 34.1 Å². The molecule has 1 aliphatic rings. The van der Waals surface area contributed by atoms with Gasteiger partial charge in [-0.25, -0.2) is 0 Å². The van der Waals surface area contributed by atoms with Gasteiger partial charge >= 0.3 is 0 Å². The molecule has 0 bridgehead atoms. The lowest BCUT2D eigenvalue weighted by atomic mass is 9.79. The highest BCUT2D eigenvalue weighted by molar-refractivity contribution is 5.01. The molecule has 1 aliphatic heterocycles. The molecule has 0 aromatic heterocycles. The van der Waals surface area contributed by atoms with Crippen LogP contribution in [0, 0.1) is 0 Å². The van der Waals surface area contributed by atoms with Crippen molar-refractivity contribution in [3.05, 3.63) is 0 Å². The van der Waals surface area contributed by atoms with Gasteiger partial charge in [0.25, 0.3) is 0 Å². The third-order valence-corrected chi connectivity index (χ3v) is 5.36. The molecule has 4 nitrogen and oxygen atoms in total. The lowest BCUT2D eigenvalue weighted by molar-refractivity contribution is -0.0109. The van der Waals surface area contributed by atoms with E-state index in [9.17, 15) is 0 Å². The van der Waals surface area contributed by atoms with Gasteiger partial charge in [-0.3, -0.25) is 9.80 Å². The molecule has 0 aromatic carbocycles. The van der Waals surface area contributed by atoms with Crippen molar-refractivity contribution < 1.29 is 0 Å². The first-order valence-corrected chi connectivity index (χ1v) is 7.64. The van der Waals surface area contributed by atoms with E-state index in [-0.39, 0.29) is 11.1 Å². The Morgan fingerprint density at radius 3 is 1.74 bits per heavy atom. The molecule has 1 heterocycles. The van der Waals surface area contributed by atoms with Crippen molar-refractivity contribution in [1.82, 2.24) is 20.4 Å². The minimum atomic E-state index is 0.144. The maximum absolute atomic E-state index is 3.51. The number of nitrogens with zero attached hydrogens (tertiary/aromatic N) is 2. The number of hydrogen-bond acceptors (Lipinski definition) is 4. The topological polar surface area (TPSA) is 30.5 Å². The molecule has 0 saturated carbocycles. The quantitative estimate of drug-likeness (QED) is 0.687. The molecule has 0 unspecified atom stereocenters. The minimum Gasteiger partial charge on any atom is -0.315 e. The van der Waals surface area contributed by atoms with Crippen molar-refractivity contribution in [1.29, 1.82) is 0 Å². The van der Waals surface area contributed by atoms with E-state index in [1.54, 1.807) is 0 Å². The van der Waals surface area contributed by atoms with Crippen molar-refractivity contribution in [3.63, 3.8) is 0 Å².